The second-order valence-corrected chi connectivity index (χ2v) is 2.62. The summed E-state index contributed by atoms with van der Waals surface area (Å²) in [5.74, 6) is -0.878. The lowest BCUT2D eigenvalue weighted by Crippen LogP contribution is -2.00. The zero-order valence-corrected chi connectivity index (χ0v) is 6.95. The molecule has 0 aliphatic carbocycles. The molecule has 0 unspecified atom stereocenters. The summed E-state index contributed by atoms with van der Waals surface area (Å²) in [7, 11) is 0. The lowest BCUT2D eigenvalue weighted by atomic mass is 10.1. The van der Waals surface area contributed by atoms with E-state index in [0.29, 0.717) is 0 Å². The second kappa shape index (κ2) is 3.49. The Morgan fingerprint density at radius 1 is 1.62 bits per heavy atom. The number of nitro benzene ring substituents is 1. The fourth-order valence-corrected chi connectivity index (χ4v) is 1.03. The molecule has 0 bridgehead atoms. The minimum absolute atomic E-state index is 0.00639. The molecule has 0 amide bonds. The lowest BCUT2D eigenvalue weighted by molar-refractivity contribution is -0.388. The molecule has 1 N–H and O–H groups in total. The largest absolute Gasteiger partial charge is 0.391 e. The predicted octanol–water partition coefficient (Wildman–Crippen LogP) is 1.53. The van der Waals surface area contributed by atoms with Gasteiger partial charge in [-0.1, -0.05) is 6.07 Å². The maximum Gasteiger partial charge on any atom is 0.310 e. The van der Waals surface area contributed by atoms with Gasteiger partial charge in [-0.15, -0.1) is 0 Å². The number of hydrogen-bond donors (Lipinski definition) is 1. The summed E-state index contributed by atoms with van der Waals surface area (Å²) >= 11 is 0. The smallest absolute Gasteiger partial charge is 0.310 e. The van der Waals surface area contributed by atoms with Crippen molar-refractivity contribution < 1.29 is 14.4 Å². The number of rotatable bonds is 2. The Balaban J connectivity index is 3.41. The quantitative estimate of drug-likeness (QED) is 0.561. The first-order chi connectivity index (χ1) is 6.07. The number of nitrogens with zero attached hydrogens (tertiary/aromatic N) is 1. The summed E-state index contributed by atoms with van der Waals surface area (Å²) in [6.45, 7) is 0.900. The molecule has 0 spiro atoms. The Morgan fingerprint density at radius 2 is 2.23 bits per heavy atom. The Labute approximate surface area is 73.8 Å². The molecule has 0 aliphatic heterocycles. The average molecular weight is 185 g/mol. The number of aryl methyl sites for hydroxylation is 1. The predicted molar refractivity (Wildman–Crippen MR) is 43.7 cm³/mol. The van der Waals surface area contributed by atoms with E-state index in [2.05, 4.69) is 0 Å². The minimum atomic E-state index is -0.878. The molecule has 1 rings (SSSR count). The van der Waals surface area contributed by atoms with Crippen LogP contribution in [0.4, 0.5) is 10.1 Å². The van der Waals surface area contributed by atoms with E-state index in [0.717, 1.165) is 0 Å². The highest BCUT2D eigenvalue weighted by atomic mass is 19.1. The Bertz CT molecular complexity index is 351. The summed E-state index contributed by atoms with van der Waals surface area (Å²) in [6.07, 6.45) is 0. The highest BCUT2D eigenvalue weighted by Gasteiger charge is 2.20. The first-order valence-electron chi connectivity index (χ1n) is 3.61. The molecule has 0 saturated heterocycles. The standard InChI is InChI=1S/C8H8FNO3/c1-5-2-3-6(4-11)8(7(5)9)10(12)13/h2-3,11H,4H2,1H3. The fraction of sp³-hybridized carbons (Fsp3) is 0.250. The lowest BCUT2D eigenvalue weighted by Gasteiger charge is -2.02. The van der Waals surface area contributed by atoms with Gasteiger partial charge < -0.3 is 5.11 Å². The van der Waals surface area contributed by atoms with Crippen molar-refractivity contribution in [3.8, 4) is 0 Å². The first-order valence-corrected chi connectivity index (χ1v) is 3.61. The fourth-order valence-electron chi connectivity index (χ4n) is 1.03. The van der Waals surface area contributed by atoms with Crippen LogP contribution >= 0.6 is 0 Å². The Morgan fingerprint density at radius 3 is 2.69 bits per heavy atom. The van der Waals surface area contributed by atoms with Crippen LogP contribution in [0.2, 0.25) is 0 Å². The molecule has 13 heavy (non-hydrogen) atoms. The van der Waals surface area contributed by atoms with Crippen molar-refractivity contribution in [2.45, 2.75) is 13.5 Å². The number of aliphatic hydroxyl groups excluding tert-OH is 1. The molecule has 0 fully saturated rings. The normalized spacial score (nSPS) is 10.1. The molecule has 5 heteroatoms. The van der Waals surface area contributed by atoms with E-state index in [4.69, 9.17) is 5.11 Å². The van der Waals surface area contributed by atoms with E-state index in [1.807, 2.05) is 0 Å². The first kappa shape index (κ1) is 9.60. The third-order valence-corrected chi connectivity index (χ3v) is 1.75. The van der Waals surface area contributed by atoms with Gasteiger partial charge in [-0.3, -0.25) is 10.1 Å². The second-order valence-electron chi connectivity index (χ2n) is 2.62. The summed E-state index contributed by atoms with van der Waals surface area (Å²) < 4.78 is 13.1. The molecule has 4 nitrogen and oxygen atoms in total. The molecule has 0 saturated carbocycles. The molecule has 0 aromatic heterocycles. The van der Waals surface area contributed by atoms with Crippen LogP contribution < -0.4 is 0 Å². The zero-order valence-electron chi connectivity index (χ0n) is 6.95. The SMILES string of the molecule is Cc1ccc(CO)c([N+](=O)[O-])c1F. The third kappa shape index (κ3) is 1.65. The maximum atomic E-state index is 13.1. The molecule has 0 atom stereocenters. The molecule has 1 aromatic rings. The summed E-state index contributed by atoms with van der Waals surface area (Å²) in [6, 6.07) is 2.74. The molecule has 0 heterocycles. The third-order valence-electron chi connectivity index (χ3n) is 1.75. The van der Waals surface area contributed by atoms with Crippen LogP contribution in [0.1, 0.15) is 11.1 Å². The van der Waals surface area contributed by atoms with Gasteiger partial charge in [-0.2, -0.15) is 4.39 Å². The number of halogens is 1. The molecular weight excluding hydrogens is 177 g/mol. The Hall–Kier alpha value is -1.49. The van der Waals surface area contributed by atoms with E-state index in [1.165, 1.54) is 19.1 Å². The summed E-state index contributed by atoms with van der Waals surface area (Å²) in [5, 5.41) is 19.1. The van der Waals surface area contributed by atoms with E-state index in [-0.39, 0.29) is 11.1 Å². The zero-order chi connectivity index (χ0) is 10.0. The van der Waals surface area contributed by atoms with Gasteiger partial charge in [-0.05, 0) is 18.6 Å². The van der Waals surface area contributed by atoms with E-state index in [9.17, 15) is 14.5 Å². The van der Waals surface area contributed by atoms with Crippen LogP contribution in [0.3, 0.4) is 0 Å². The van der Waals surface area contributed by atoms with E-state index < -0.39 is 23.0 Å². The van der Waals surface area contributed by atoms with Gasteiger partial charge in [0, 0.05) is 0 Å². The van der Waals surface area contributed by atoms with Gasteiger partial charge in [0.25, 0.3) is 0 Å². The van der Waals surface area contributed by atoms with Crippen molar-refractivity contribution in [1.82, 2.24) is 0 Å². The topological polar surface area (TPSA) is 63.4 Å². The van der Waals surface area contributed by atoms with Crippen LogP contribution in [0, 0.1) is 22.9 Å². The number of benzene rings is 1. The van der Waals surface area contributed by atoms with Crippen LogP contribution in [0.25, 0.3) is 0 Å². The van der Waals surface area contributed by atoms with Gasteiger partial charge in [0.15, 0.2) is 0 Å². The highest BCUT2D eigenvalue weighted by Crippen LogP contribution is 2.24. The average Bonchev–Trinajstić information content (AvgIpc) is 2.08. The molecule has 1 aromatic carbocycles. The van der Waals surface area contributed by atoms with Gasteiger partial charge in [-0.25, -0.2) is 0 Å². The van der Waals surface area contributed by atoms with Crippen molar-refractivity contribution in [3.05, 3.63) is 39.2 Å². The number of aliphatic hydroxyl groups is 1. The maximum absolute atomic E-state index is 13.1. The van der Waals surface area contributed by atoms with Crippen molar-refractivity contribution in [1.29, 1.82) is 0 Å². The monoisotopic (exact) mass is 185 g/mol. The van der Waals surface area contributed by atoms with Crippen LogP contribution in [0.15, 0.2) is 12.1 Å². The number of nitro groups is 1. The van der Waals surface area contributed by atoms with Crippen molar-refractivity contribution in [2.75, 3.05) is 0 Å². The van der Waals surface area contributed by atoms with Gasteiger partial charge >= 0.3 is 5.69 Å². The van der Waals surface area contributed by atoms with Crippen LogP contribution in [0.5, 0.6) is 0 Å². The molecule has 0 radical (unpaired) electrons. The number of hydrogen-bond acceptors (Lipinski definition) is 3. The molecular formula is C8H8FNO3. The van der Waals surface area contributed by atoms with Crippen molar-refractivity contribution in [3.63, 3.8) is 0 Å². The van der Waals surface area contributed by atoms with Crippen LogP contribution in [-0.2, 0) is 6.61 Å². The van der Waals surface area contributed by atoms with E-state index in [1.54, 1.807) is 0 Å². The van der Waals surface area contributed by atoms with Gasteiger partial charge in [0.1, 0.15) is 0 Å². The summed E-state index contributed by atoms with van der Waals surface area (Å²) in [4.78, 5) is 9.58. The highest BCUT2D eigenvalue weighted by molar-refractivity contribution is 5.44. The minimum Gasteiger partial charge on any atom is -0.391 e. The molecule has 0 aliphatic rings. The summed E-state index contributed by atoms with van der Waals surface area (Å²) in [5.41, 5.74) is -0.445. The Kier molecular flexibility index (Phi) is 2.57. The van der Waals surface area contributed by atoms with Crippen LogP contribution in [-0.4, -0.2) is 10.0 Å². The van der Waals surface area contributed by atoms with Crippen molar-refractivity contribution in [2.24, 2.45) is 0 Å². The van der Waals surface area contributed by atoms with Gasteiger partial charge in [0.05, 0.1) is 17.1 Å². The van der Waals surface area contributed by atoms with Crippen molar-refractivity contribution >= 4 is 5.69 Å². The van der Waals surface area contributed by atoms with Gasteiger partial charge in [0.2, 0.25) is 5.82 Å². The molecule has 70 valence electrons. The van der Waals surface area contributed by atoms with E-state index >= 15 is 0 Å².